The molecule has 168 valence electrons. The molecule has 0 saturated carbocycles. The zero-order chi connectivity index (χ0) is 22.8. The molecule has 29 heavy (non-hydrogen) atoms. The van der Waals surface area contributed by atoms with E-state index < -0.39 is 0 Å². The SMILES string of the molecule is C=C(C)C(=O)OCCN(SSSN(CCOC(=O)C(=C)C)C(C)(C)C)C(C)(C)C. The van der Waals surface area contributed by atoms with Crippen LogP contribution in [0.25, 0.3) is 0 Å². The van der Waals surface area contributed by atoms with Crippen LogP contribution in [0.1, 0.15) is 55.4 Å². The van der Waals surface area contributed by atoms with Gasteiger partial charge in [-0.05, 0) is 55.4 Å². The van der Waals surface area contributed by atoms with E-state index in [4.69, 9.17) is 9.47 Å². The Bertz CT molecular complexity index is 533. The first-order valence-corrected chi connectivity index (χ1v) is 12.8. The van der Waals surface area contributed by atoms with Crippen LogP contribution < -0.4 is 0 Å². The van der Waals surface area contributed by atoms with Crippen molar-refractivity contribution < 1.29 is 19.1 Å². The Balaban J connectivity index is 4.66. The van der Waals surface area contributed by atoms with Gasteiger partial charge in [-0.15, -0.1) is 0 Å². The van der Waals surface area contributed by atoms with Crippen molar-refractivity contribution in [1.82, 2.24) is 8.61 Å². The van der Waals surface area contributed by atoms with Crippen LogP contribution in [0.5, 0.6) is 0 Å². The quantitative estimate of drug-likeness (QED) is 0.166. The molecular weight excluding hydrogens is 428 g/mol. The van der Waals surface area contributed by atoms with Gasteiger partial charge in [0.25, 0.3) is 0 Å². The maximum absolute atomic E-state index is 11.6. The van der Waals surface area contributed by atoms with Gasteiger partial charge in [0, 0.05) is 67.1 Å². The van der Waals surface area contributed by atoms with Crippen molar-refractivity contribution in [3.05, 3.63) is 24.3 Å². The van der Waals surface area contributed by atoms with Crippen molar-refractivity contribution in [2.75, 3.05) is 26.3 Å². The highest BCUT2D eigenvalue weighted by Crippen LogP contribution is 2.44. The Morgan fingerprint density at radius 1 is 0.759 bits per heavy atom. The average Bonchev–Trinajstić information content (AvgIpc) is 2.56. The summed E-state index contributed by atoms with van der Waals surface area (Å²) < 4.78 is 14.8. The van der Waals surface area contributed by atoms with Crippen LogP contribution in [0.15, 0.2) is 24.3 Å². The van der Waals surface area contributed by atoms with Gasteiger partial charge < -0.3 is 9.47 Å². The Morgan fingerprint density at radius 3 is 1.31 bits per heavy atom. The van der Waals surface area contributed by atoms with Crippen molar-refractivity contribution >= 4 is 43.7 Å². The summed E-state index contributed by atoms with van der Waals surface area (Å²) in [6.45, 7) is 25.0. The molecular formula is C20H36N2O4S3. The first-order chi connectivity index (χ1) is 13.2. The lowest BCUT2D eigenvalue weighted by atomic mass is 10.1. The Morgan fingerprint density at radius 2 is 1.07 bits per heavy atom. The molecule has 0 aromatic carbocycles. The first-order valence-electron chi connectivity index (χ1n) is 9.38. The summed E-state index contributed by atoms with van der Waals surface area (Å²) in [6, 6.07) is 0. The van der Waals surface area contributed by atoms with Gasteiger partial charge in [0.05, 0.1) is 0 Å². The second-order valence-electron chi connectivity index (χ2n) is 8.60. The summed E-state index contributed by atoms with van der Waals surface area (Å²) in [4.78, 5) is 23.1. The minimum atomic E-state index is -0.367. The average molecular weight is 465 g/mol. The van der Waals surface area contributed by atoms with Gasteiger partial charge in [-0.1, -0.05) is 13.2 Å². The van der Waals surface area contributed by atoms with Gasteiger partial charge >= 0.3 is 11.9 Å². The van der Waals surface area contributed by atoms with Crippen LogP contribution in [-0.2, 0) is 19.1 Å². The monoisotopic (exact) mass is 464 g/mol. The molecule has 0 spiro atoms. The zero-order valence-corrected chi connectivity index (χ0v) is 21.4. The number of rotatable bonds is 12. The van der Waals surface area contributed by atoms with Gasteiger partial charge in [0.1, 0.15) is 13.2 Å². The van der Waals surface area contributed by atoms with Crippen molar-refractivity contribution in [1.29, 1.82) is 0 Å². The van der Waals surface area contributed by atoms with Gasteiger partial charge in [-0.3, -0.25) is 0 Å². The molecule has 6 nitrogen and oxygen atoms in total. The molecule has 0 aliphatic carbocycles. The van der Waals surface area contributed by atoms with Crippen LogP contribution in [0, 0.1) is 0 Å². The lowest BCUT2D eigenvalue weighted by Crippen LogP contribution is -2.39. The molecule has 0 atom stereocenters. The summed E-state index contributed by atoms with van der Waals surface area (Å²) in [5.74, 6) is -0.733. The molecule has 0 radical (unpaired) electrons. The third-order valence-electron chi connectivity index (χ3n) is 3.49. The number of ether oxygens (including phenoxy) is 2. The molecule has 0 bridgehead atoms. The van der Waals surface area contributed by atoms with Crippen LogP contribution >= 0.6 is 31.8 Å². The smallest absolute Gasteiger partial charge is 0.333 e. The molecule has 9 heteroatoms. The number of hydrogen-bond donors (Lipinski definition) is 0. The molecule has 0 unspecified atom stereocenters. The summed E-state index contributed by atoms with van der Waals surface area (Å²) in [5, 5.41) is 0. The van der Waals surface area contributed by atoms with Crippen LogP contribution in [-0.4, -0.2) is 57.9 Å². The fraction of sp³-hybridized carbons (Fsp3) is 0.700. The van der Waals surface area contributed by atoms with E-state index in [2.05, 4.69) is 63.3 Å². The van der Waals surface area contributed by atoms with Crippen LogP contribution in [0.2, 0.25) is 0 Å². The van der Waals surface area contributed by atoms with E-state index in [0.29, 0.717) is 37.4 Å². The van der Waals surface area contributed by atoms with Gasteiger partial charge in [-0.25, -0.2) is 18.2 Å². The van der Waals surface area contributed by atoms with E-state index in [1.165, 1.54) is 0 Å². The highest BCUT2D eigenvalue weighted by atomic mass is 33.5. The van der Waals surface area contributed by atoms with E-state index in [1.54, 1.807) is 45.6 Å². The minimum Gasteiger partial charge on any atom is -0.461 e. The highest BCUT2D eigenvalue weighted by molar-refractivity contribution is 9.08. The van der Waals surface area contributed by atoms with E-state index in [9.17, 15) is 9.59 Å². The van der Waals surface area contributed by atoms with Gasteiger partial charge in [0.2, 0.25) is 0 Å². The molecule has 0 amide bonds. The van der Waals surface area contributed by atoms with Crippen molar-refractivity contribution in [3.8, 4) is 0 Å². The van der Waals surface area contributed by atoms with E-state index >= 15 is 0 Å². The molecule has 0 aromatic rings. The van der Waals surface area contributed by atoms with Crippen molar-refractivity contribution in [2.45, 2.75) is 66.5 Å². The Hall–Kier alpha value is -0.610. The summed E-state index contributed by atoms with van der Waals surface area (Å²) >= 11 is 0. The summed E-state index contributed by atoms with van der Waals surface area (Å²) in [6.07, 6.45) is 0. The molecule has 0 fully saturated rings. The summed E-state index contributed by atoms with van der Waals surface area (Å²) in [7, 11) is 4.85. The molecule has 0 aliphatic rings. The highest BCUT2D eigenvalue weighted by Gasteiger charge is 2.26. The molecule has 0 rings (SSSR count). The van der Waals surface area contributed by atoms with Gasteiger partial charge in [0.15, 0.2) is 0 Å². The number of hydrogen-bond acceptors (Lipinski definition) is 9. The predicted molar refractivity (Wildman–Crippen MR) is 127 cm³/mol. The number of nitrogens with zero attached hydrogens (tertiary/aromatic N) is 2. The van der Waals surface area contributed by atoms with E-state index in [0.717, 1.165) is 0 Å². The normalized spacial score (nSPS) is 12.2. The predicted octanol–water partition coefficient (Wildman–Crippen LogP) is 5.29. The van der Waals surface area contributed by atoms with E-state index in [1.807, 2.05) is 0 Å². The maximum atomic E-state index is 11.6. The van der Waals surface area contributed by atoms with Crippen molar-refractivity contribution in [3.63, 3.8) is 0 Å². The van der Waals surface area contributed by atoms with Crippen LogP contribution in [0.3, 0.4) is 0 Å². The minimum absolute atomic E-state index is 0.0998. The number of carbonyl (C=O) groups excluding carboxylic acids is 2. The molecule has 0 N–H and O–H groups in total. The summed E-state index contributed by atoms with van der Waals surface area (Å²) in [5.41, 5.74) is 0.602. The Kier molecular flexibility index (Phi) is 12.7. The fourth-order valence-electron chi connectivity index (χ4n) is 1.74. The first kappa shape index (κ1) is 28.4. The fourth-order valence-corrected chi connectivity index (χ4v) is 6.54. The van der Waals surface area contributed by atoms with Crippen LogP contribution in [0.4, 0.5) is 0 Å². The number of carbonyl (C=O) groups is 2. The lowest BCUT2D eigenvalue weighted by Gasteiger charge is -2.36. The maximum Gasteiger partial charge on any atom is 0.333 e. The largest absolute Gasteiger partial charge is 0.461 e. The topological polar surface area (TPSA) is 59.1 Å². The third-order valence-corrected chi connectivity index (χ3v) is 7.97. The zero-order valence-electron chi connectivity index (χ0n) is 19.0. The van der Waals surface area contributed by atoms with E-state index in [-0.39, 0.29) is 23.0 Å². The lowest BCUT2D eigenvalue weighted by molar-refractivity contribution is -0.140. The molecule has 0 heterocycles. The molecule has 0 aliphatic heterocycles. The second kappa shape index (κ2) is 12.9. The van der Waals surface area contributed by atoms with Gasteiger partial charge in [-0.2, -0.15) is 0 Å². The van der Waals surface area contributed by atoms with Crippen molar-refractivity contribution in [2.24, 2.45) is 0 Å². The number of esters is 2. The Labute approximate surface area is 188 Å². The third kappa shape index (κ3) is 12.6. The standard InChI is InChI=1S/C20H36N2O4S3/c1-15(2)17(23)25-13-11-21(19(5,6)7)27-29-28-22(20(8,9)10)12-14-26-18(24)16(3)4/h1,3,11-14H2,2,4-10H3. The molecule has 0 aromatic heterocycles. The second-order valence-corrected chi connectivity index (χ2v) is 12.4. The molecule has 0 saturated heterocycles.